The van der Waals surface area contributed by atoms with Crippen LogP contribution in [0.3, 0.4) is 0 Å². The number of rotatable bonds is 5. The van der Waals surface area contributed by atoms with Gasteiger partial charge in [-0.15, -0.1) is 0 Å². The Labute approximate surface area is 158 Å². The molecule has 0 spiro atoms. The topological polar surface area (TPSA) is 46.9 Å². The van der Waals surface area contributed by atoms with Gasteiger partial charge in [0.25, 0.3) is 0 Å². The number of hydrogen-bond acceptors (Lipinski definition) is 2. The smallest absolute Gasteiger partial charge is 0.230 e. The fourth-order valence-corrected chi connectivity index (χ4v) is 4.05. The fraction of sp³-hybridized carbons (Fsp3) is 0.273. The number of carbonyl (C=O) groups is 1. The highest BCUT2D eigenvalue weighted by molar-refractivity contribution is 5.88. The van der Waals surface area contributed by atoms with Crippen molar-refractivity contribution in [3.63, 3.8) is 0 Å². The molecule has 1 saturated carbocycles. The van der Waals surface area contributed by atoms with Crippen molar-refractivity contribution in [2.24, 2.45) is 0 Å². The van der Waals surface area contributed by atoms with Crippen LogP contribution in [0, 0.1) is 5.82 Å². The summed E-state index contributed by atoms with van der Waals surface area (Å²) in [6.07, 6.45) is 7.08. The van der Waals surface area contributed by atoms with E-state index in [1.54, 1.807) is 16.9 Å². The highest BCUT2D eigenvalue weighted by Gasteiger charge is 2.42. The molecule has 27 heavy (non-hydrogen) atoms. The maximum absolute atomic E-state index is 13.8. The Morgan fingerprint density at radius 3 is 2.67 bits per heavy atom. The zero-order chi connectivity index (χ0) is 18.7. The number of aromatic nitrogens is 2. The van der Waals surface area contributed by atoms with Gasteiger partial charge in [-0.05, 0) is 48.2 Å². The average molecular weight is 363 g/mol. The molecular weight excluding hydrogens is 341 g/mol. The van der Waals surface area contributed by atoms with Crippen LogP contribution in [0.15, 0.2) is 67.0 Å². The first-order valence-corrected chi connectivity index (χ1v) is 9.31. The molecule has 0 saturated heterocycles. The second-order valence-electron chi connectivity index (χ2n) is 7.06. The van der Waals surface area contributed by atoms with E-state index in [0.29, 0.717) is 6.54 Å². The summed E-state index contributed by atoms with van der Waals surface area (Å²) in [5.41, 5.74) is 2.07. The molecule has 1 heterocycles. The molecule has 1 aromatic heterocycles. The van der Waals surface area contributed by atoms with E-state index in [2.05, 4.69) is 10.4 Å². The zero-order valence-corrected chi connectivity index (χ0v) is 15.1. The van der Waals surface area contributed by atoms with E-state index in [1.807, 2.05) is 42.6 Å². The Morgan fingerprint density at radius 2 is 1.93 bits per heavy atom. The minimum Gasteiger partial charge on any atom is -0.351 e. The molecule has 5 heteroatoms. The van der Waals surface area contributed by atoms with E-state index in [9.17, 15) is 9.18 Å². The summed E-state index contributed by atoms with van der Waals surface area (Å²) in [6.45, 7) is 0.409. The molecule has 4 nitrogen and oxygen atoms in total. The molecule has 4 rings (SSSR count). The van der Waals surface area contributed by atoms with Gasteiger partial charge in [-0.2, -0.15) is 5.10 Å². The maximum Gasteiger partial charge on any atom is 0.230 e. The third-order valence-corrected chi connectivity index (χ3v) is 5.45. The lowest BCUT2D eigenvalue weighted by Crippen LogP contribution is -2.42. The lowest BCUT2D eigenvalue weighted by molar-refractivity contribution is -0.126. The molecule has 1 aliphatic rings. The summed E-state index contributed by atoms with van der Waals surface area (Å²) in [6, 6.07) is 16.2. The van der Waals surface area contributed by atoms with Crippen LogP contribution >= 0.6 is 0 Å². The first kappa shape index (κ1) is 17.5. The van der Waals surface area contributed by atoms with Crippen LogP contribution in [0.5, 0.6) is 0 Å². The fourth-order valence-electron chi connectivity index (χ4n) is 4.05. The van der Waals surface area contributed by atoms with E-state index in [0.717, 1.165) is 42.5 Å². The number of nitrogens with one attached hydrogen (secondary N) is 1. The minimum atomic E-state index is -0.636. The van der Waals surface area contributed by atoms with Crippen molar-refractivity contribution in [3.8, 4) is 5.69 Å². The van der Waals surface area contributed by atoms with Crippen LogP contribution in [0.25, 0.3) is 5.69 Å². The largest absolute Gasteiger partial charge is 0.351 e. The normalized spacial score (nSPS) is 15.6. The van der Waals surface area contributed by atoms with E-state index in [-0.39, 0.29) is 11.7 Å². The Hall–Kier alpha value is -2.95. The highest BCUT2D eigenvalue weighted by atomic mass is 19.1. The van der Waals surface area contributed by atoms with Crippen molar-refractivity contribution < 1.29 is 9.18 Å². The lowest BCUT2D eigenvalue weighted by atomic mass is 9.78. The van der Waals surface area contributed by atoms with Crippen LogP contribution in [0.2, 0.25) is 0 Å². The number of para-hydroxylation sites is 1. The summed E-state index contributed by atoms with van der Waals surface area (Å²) in [5, 5.41) is 7.38. The molecular formula is C22H22FN3O. The molecule has 0 unspecified atom stereocenters. The van der Waals surface area contributed by atoms with Gasteiger partial charge in [-0.1, -0.05) is 43.2 Å². The third-order valence-electron chi connectivity index (χ3n) is 5.45. The molecule has 1 aliphatic carbocycles. The van der Waals surface area contributed by atoms with Gasteiger partial charge < -0.3 is 5.32 Å². The number of nitrogens with zero attached hydrogens (tertiary/aromatic N) is 2. The number of amides is 1. The summed E-state index contributed by atoms with van der Waals surface area (Å²) in [4.78, 5) is 13.2. The van der Waals surface area contributed by atoms with E-state index >= 15 is 0 Å². The van der Waals surface area contributed by atoms with E-state index < -0.39 is 5.41 Å². The van der Waals surface area contributed by atoms with Crippen LogP contribution in [-0.4, -0.2) is 15.7 Å². The van der Waals surface area contributed by atoms with E-state index in [1.165, 1.54) is 12.1 Å². The molecule has 0 aliphatic heterocycles. The molecule has 0 atom stereocenters. The summed E-state index contributed by atoms with van der Waals surface area (Å²) >= 11 is 0. The molecule has 2 aromatic carbocycles. The SMILES string of the molecule is O=C(NCc1ccccc1-n1cccn1)C1(c2cccc(F)c2)CCCC1. The van der Waals surface area contributed by atoms with Crippen molar-refractivity contribution >= 4 is 5.91 Å². The van der Waals surface area contributed by atoms with Gasteiger partial charge >= 0.3 is 0 Å². The zero-order valence-electron chi connectivity index (χ0n) is 15.1. The first-order valence-electron chi connectivity index (χ1n) is 9.31. The summed E-state index contributed by atoms with van der Waals surface area (Å²) < 4.78 is 15.6. The predicted molar refractivity (Wildman–Crippen MR) is 102 cm³/mol. The number of halogens is 1. The second kappa shape index (κ2) is 7.35. The molecule has 3 aromatic rings. The van der Waals surface area contributed by atoms with Crippen molar-refractivity contribution in [1.29, 1.82) is 0 Å². The van der Waals surface area contributed by atoms with Gasteiger partial charge in [0.15, 0.2) is 0 Å². The first-order chi connectivity index (χ1) is 13.2. The lowest BCUT2D eigenvalue weighted by Gasteiger charge is -2.28. The molecule has 1 fully saturated rings. The molecule has 0 bridgehead atoms. The minimum absolute atomic E-state index is 0.0270. The van der Waals surface area contributed by atoms with Gasteiger partial charge in [-0.3, -0.25) is 4.79 Å². The summed E-state index contributed by atoms with van der Waals surface area (Å²) in [7, 11) is 0. The van der Waals surface area contributed by atoms with Gasteiger partial charge in [0, 0.05) is 18.9 Å². The van der Waals surface area contributed by atoms with Crippen molar-refractivity contribution in [3.05, 3.63) is 83.9 Å². The van der Waals surface area contributed by atoms with Gasteiger partial charge in [0.1, 0.15) is 5.82 Å². The van der Waals surface area contributed by atoms with Gasteiger partial charge in [0.05, 0.1) is 11.1 Å². The van der Waals surface area contributed by atoms with Crippen LogP contribution in [0.4, 0.5) is 4.39 Å². The van der Waals surface area contributed by atoms with E-state index in [4.69, 9.17) is 0 Å². The Balaban J connectivity index is 1.57. The van der Waals surface area contributed by atoms with Gasteiger partial charge in [0.2, 0.25) is 5.91 Å². The predicted octanol–water partition coefficient (Wildman–Crippen LogP) is 4.14. The van der Waals surface area contributed by atoms with Crippen molar-refractivity contribution in [2.45, 2.75) is 37.6 Å². The number of benzene rings is 2. The van der Waals surface area contributed by atoms with Gasteiger partial charge in [-0.25, -0.2) is 9.07 Å². The molecule has 1 N–H and O–H groups in total. The van der Waals surface area contributed by atoms with Crippen molar-refractivity contribution in [1.82, 2.24) is 15.1 Å². The maximum atomic E-state index is 13.8. The second-order valence-corrected chi connectivity index (χ2v) is 7.06. The standard InChI is InChI=1S/C22H22FN3O/c23-19-9-5-8-18(15-19)22(11-3-4-12-22)21(27)24-16-17-7-1-2-10-20(17)26-14-6-13-25-26/h1-2,5-10,13-15H,3-4,11-12,16H2,(H,24,27). The third kappa shape index (κ3) is 3.37. The molecule has 0 radical (unpaired) electrons. The monoisotopic (exact) mass is 363 g/mol. The Kier molecular flexibility index (Phi) is 4.75. The molecule has 1 amide bonds. The molecule has 138 valence electrons. The van der Waals surface area contributed by atoms with Crippen LogP contribution in [0.1, 0.15) is 36.8 Å². The Bertz CT molecular complexity index is 930. The summed E-state index contributed by atoms with van der Waals surface area (Å²) in [5.74, 6) is -0.323. The number of carbonyl (C=O) groups excluding carboxylic acids is 1. The Morgan fingerprint density at radius 1 is 1.11 bits per heavy atom. The quantitative estimate of drug-likeness (QED) is 0.741. The van der Waals surface area contributed by atoms with Crippen LogP contribution in [-0.2, 0) is 16.8 Å². The van der Waals surface area contributed by atoms with Crippen LogP contribution < -0.4 is 5.32 Å². The average Bonchev–Trinajstić information content (AvgIpc) is 3.39. The highest BCUT2D eigenvalue weighted by Crippen LogP contribution is 2.41. The number of hydrogen-bond donors (Lipinski definition) is 1. The van der Waals surface area contributed by atoms with Crippen molar-refractivity contribution in [2.75, 3.05) is 0 Å².